The quantitative estimate of drug-likeness (QED) is 0.871. The number of carbonyl (C=O) groups is 1. The van der Waals surface area contributed by atoms with Crippen LogP contribution in [0.4, 0.5) is 0 Å². The average Bonchev–Trinajstić information content (AvgIpc) is 3.24. The number of carbonyl (C=O) groups excluding carboxylic acids is 1. The largest absolute Gasteiger partial charge is 0.376 e. The smallest absolute Gasteiger partial charge is 0.254 e. The average molecular weight is 348 g/mol. The first-order valence-electron chi connectivity index (χ1n) is 8.41. The highest BCUT2D eigenvalue weighted by Crippen LogP contribution is 2.19. The Bertz CT molecular complexity index is 691. The molecule has 1 aliphatic rings. The van der Waals surface area contributed by atoms with E-state index in [0.717, 1.165) is 43.7 Å². The predicted molar refractivity (Wildman–Crippen MR) is 93.9 cm³/mol. The van der Waals surface area contributed by atoms with Crippen LogP contribution in [0.2, 0.25) is 5.02 Å². The molecule has 6 heteroatoms. The van der Waals surface area contributed by atoms with Gasteiger partial charge in [0.25, 0.3) is 5.91 Å². The third-order valence-corrected chi connectivity index (χ3v) is 4.44. The van der Waals surface area contributed by atoms with E-state index in [-0.39, 0.29) is 12.0 Å². The third kappa shape index (κ3) is 3.79. The molecule has 1 aromatic heterocycles. The van der Waals surface area contributed by atoms with E-state index in [2.05, 4.69) is 17.3 Å². The number of amides is 1. The number of nitrogens with zero attached hydrogens (tertiary/aromatic N) is 2. The Balaban J connectivity index is 1.79. The summed E-state index contributed by atoms with van der Waals surface area (Å²) >= 11 is 5.95. The molecule has 2 heterocycles. The van der Waals surface area contributed by atoms with Crippen LogP contribution in [0.1, 0.15) is 42.2 Å². The Kier molecular flexibility index (Phi) is 5.53. The third-order valence-electron chi connectivity index (χ3n) is 4.19. The van der Waals surface area contributed by atoms with Crippen molar-refractivity contribution < 1.29 is 9.53 Å². The van der Waals surface area contributed by atoms with Gasteiger partial charge in [0.2, 0.25) is 0 Å². The number of hydrogen-bond donors (Lipinski definition) is 1. The van der Waals surface area contributed by atoms with E-state index in [1.54, 1.807) is 6.20 Å². The molecule has 0 unspecified atom stereocenters. The number of nitrogens with one attached hydrogen (secondary N) is 1. The van der Waals surface area contributed by atoms with Gasteiger partial charge in [0.05, 0.1) is 29.2 Å². The van der Waals surface area contributed by atoms with Gasteiger partial charge in [-0.15, -0.1) is 0 Å². The van der Waals surface area contributed by atoms with Crippen LogP contribution in [0.5, 0.6) is 0 Å². The fourth-order valence-corrected chi connectivity index (χ4v) is 3.08. The molecule has 5 nitrogen and oxygen atoms in total. The van der Waals surface area contributed by atoms with Gasteiger partial charge in [-0.3, -0.25) is 4.79 Å². The van der Waals surface area contributed by atoms with Gasteiger partial charge in [-0.1, -0.05) is 24.9 Å². The van der Waals surface area contributed by atoms with Crippen molar-refractivity contribution in [2.45, 2.75) is 38.7 Å². The van der Waals surface area contributed by atoms with Crippen molar-refractivity contribution in [2.24, 2.45) is 0 Å². The molecule has 0 bridgehead atoms. The molecular weight excluding hydrogens is 326 g/mol. The van der Waals surface area contributed by atoms with Crippen LogP contribution in [-0.2, 0) is 11.2 Å². The second-order valence-electron chi connectivity index (χ2n) is 5.99. The fraction of sp³-hybridized carbons (Fsp3) is 0.444. The zero-order valence-corrected chi connectivity index (χ0v) is 14.6. The van der Waals surface area contributed by atoms with Crippen LogP contribution in [0.3, 0.4) is 0 Å². The SMILES string of the molecule is CCCc1c(C(=O)NC[C@H]2CCCO2)cnn1-c1ccc(Cl)cc1. The zero-order valence-electron chi connectivity index (χ0n) is 13.8. The molecule has 0 aliphatic carbocycles. The summed E-state index contributed by atoms with van der Waals surface area (Å²) in [4.78, 5) is 12.6. The normalized spacial score (nSPS) is 17.2. The molecule has 1 fully saturated rings. The van der Waals surface area contributed by atoms with Gasteiger partial charge in [0.15, 0.2) is 0 Å². The summed E-state index contributed by atoms with van der Waals surface area (Å²) in [6, 6.07) is 7.46. The highest BCUT2D eigenvalue weighted by molar-refractivity contribution is 6.30. The second-order valence-corrected chi connectivity index (χ2v) is 6.42. The molecule has 0 radical (unpaired) electrons. The first kappa shape index (κ1) is 17.0. The summed E-state index contributed by atoms with van der Waals surface area (Å²) < 4.78 is 7.37. The summed E-state index contributed by atoms with van der Waals surface area (Å²) in [6.45, 7) is 3.43. The number of halogens is 1. The Hall–Kier alpha value is -1.85. The maximum atomic E-state index is 12.6. The van der Waals surface area contributed by atoms with Crippen molar-refractivity contribution in [1.29, 1.82) is 0 Å². The Morgan fingerprint density at radius 2 is 2.21 bits per heavy atom. The van der Waals surface area contributed by atoms with Crippen molar-refractivity contribution in [3.8, 4) is 5.69 Å². The molecule has 24 heavy (non-hydrogen) atoms. The first-order valence-corrected chi connectivity index (χ1v) is 8.79. The van der Waals surface area contributed by atoms with E-state index in [1.165, 1.54) is 0 Å². The summed E-state index contributed by atoms with van der Waals surface area (Å²) in [5.41, 5.74) is 2.45. The minimum Gasteiger partial charge on any atom is -0.376 e. The summed E-state index contributed by atoms with van der Waals surface area (Å²) in [6.07, 6.45) is 5.57. The van der Waals surface area contributed by atoms with Crippen molar-refractivity contribution in [3.05, 3.63) is 46.7 Å². The van der Waals surface area contributed by atoms with Gasteiger partial charge in [0, 0.05) is 18.2 Å². The van der Waals surface area contributed by atoms with Gasteiger partial charge in [-0.2, -0.15) is 5.10 Å². The van der Waals surface area contributed by atoms with Crippen LogP contribution < -0.4 is 5.32 Å². The monoisotopic (exact) mass is 347 g/mol. The maximum Gasteiger partial charge on any atom is 0.254 e. The van der Waals surface area contributed by atoms with Crippen molar-refractivity contribution in [1.82, 2.24) is 15.1 Å². The summed E-state index contributed by atoms with van der Waals surface area (Å²) in [7, 11) is 0. The van der Waals surface area contributed by atoms with E-state index in [0.29, 0.717) is 17.1 Å². The lowest BCUT2D eigenvalue weighted by atomic mass is 10.1. The molecule has 1 aromatic carbocycles. The predicted octanol–water partition coefficient (Wildman–Crippen LogP) is 3.39. The van der Waals surface area contributed by atoms with Crippen molar-refractivity contribution >= 4 is 17.5 Å². The standard InChI is InChI=1S/C18H22ClN3O2/c1-2-4-17-16(18(23)20-11-15-5-3-10-24-15)12-21-22(17)14-8-6-13(19)7-9-14/h6-9,12,15H,2-5,10-11H2,1H3,(H,20,23)/t15-/m1/s1. The van der Waals surface area contributed by atoms with Gasteiger partial charge in [-0.05, 0) is 43.5 Å². The van der Waals surface area contributed by atoms with E-state index < -0.39 is 0 Å². The number of benzene rings is 1. The molecule has 128 valence electrons. The van der Waals surface area contributed by atoms with Crippen LogP contribution in [0, 0.1) is 0 Å². The molecule has 1 aliphatic heterocycles. The fourth-order valence-electron chi connectivity index (χ4n) is 2.95. The van der Waals surface area contributed by atoms with E-state index in [1.807, 2.05) is 28.9 Å². The van der Waals surface area contributed by atoms with Crippen LogP contribution in [0.15, 0.2) is 30.5 Å². The van der Waals surface area contributed by atoms with Gasteiger partial charge in [0.1, 0.15) is 0 Å². The molecule has 1 N–H and O–H groups in total. The van der Waals surface area contributed by atoms with Gasteiger partial charge >= 0.3 is 0 Å². The van der Waals surface area contributed by atoms with Crippen molar-refractivity contribution in [3.63, 3.8) is 0 Å². The Labute approximate surface area is 147 Å². The van der Waals surface area contributed by atoms with E-state index in [4.69, 9.17) is 16.3 Å². The van der Waals surface area contributed by atoms with Crippen LogP contribution >= 0.6 is 11.6 Å². The topological polar surface area (TPSA) is 56.1 Å². The van der Waals surface area contributed by atoms with E-state index in [9.17, 15) is 4.79 Å². The minimum absolute atomic E-state index is 0.0887. The maximum absolute atomic E-state index is 12.6. The van der Waals surface area contributed by atoms with E-state index >= 15 is 0 Å². The molecular formula is C18H22ClN3O2. The number of rotatable bonds is 6. The Morgan fingerprint density at radius 1 is 1.42 bits per heavy atom. The lowest BCUT2D eigenvalue weighted by Crippen LogP contribution is -2.32. The molecule has 1 amide bonds. The second kappa shape index (κ2) is 7.81. The lowest BCUT2D eigenvalue weighted by molar-refractivity contribution is 0.0857. The van der Waals surface area contributed by atoms with Crippen LogP contribution in [-0.4, -0.2) is 34.9 Å². The molecule has 3 rings (SSSR count). The first-order chi connectivity index (χ1) is 11.7. The number of aromatic nitrogens is 2. The molecule has 0 saturated carbocycles. The molecule has 1 saturated heterocycles. The zero-order chi connectivity index (χ0) is 16.9. The summed E-state index contributed by atoms with van der Waals surface area (Å²) in [5.74, 6) is -0.0887. The van der Waals surface area contributed by atoms with Crippen molar-refractivity contribution in [2.75, 3.05) is 13.2 Å². The summed E-state index contributed by atoms with van der Waals surface area (Å²) in [5, 5.41) is 8.07. The highest BCUT2D eigenvalue weighted by atomic mass is 35.5. The molecule has 2 aromatic rings. The highest BCUT2D eigenvalue weighted by Gasteiger charge is 2.20. The molecule has 1 atom stereocenters. The lowest BCUT2D eigenvalue weighted by Gasteiger charge is -2.12. The minimum atomic E-state index is -0.0887. The van der Waals surface area contributed by atoms with Gasteiger partial charge in [-0.25, -0.2) is 4.68 Å². The number of ether oxygens (including phenoxy) is 1. The molecule has 0 spiro atoms. The number of hydrogen-bond acceptors (Lipinski definition) is 3. The van der Waals surface area contributed by atoms with Crippen LogP contribution in [0.25, 0.3) is 5.69 Å². The van der Waals surface area contributed by atoms with Gasteiger partial charge < -0.3 is 10.1 Å². The Morgan fingerprint density at radius 3 is 2.88 bits per heavy atom.